The molecule has 0 atom stereocenters. The van der Waals surface area contributed by atoms with Gasteiger partial charge in [-0.1, -0.05) is 41.5 Å². The minimum absolute atomic E-state index is 0. The molecule has 3 N–H and O–H groups in total. The summed E-state index contributed by atoms with van der Waals surface area (Å²) in [5.41, 5.74) is 2.05. The van der Waals surface area contributed by atoms with E-state index >= 15 is 0 Å². The first kappa shape index (κ1) is 15.0. The quantitative estimate of drug-likeness (QED) is 0.537. The summed E-state index contributed by atoms with van der Waals surface area (Å²) in [4.78, 5) is 0. The fraction of sp³-hybridized carbons (Fsp3) is 1.00. The molecule has 0 spiro atoms. The Morgan fingerprint density at radius 1 is 0.750 bits per heavy atom. The largest absolute Gasteiger partial charge is 0.344 e. The van der Waals surface area contributed by atoms with E-state index in [-0.39, 0.29) is 6.15 Å². The average Bonchev–Trinajstić information content (AvgIpc) is 1.84. The SMILES string of the molecule is CC(C)[Si](Cl)(C(C)C)C(C)C.N. The van der Waals surface area contributed by atoms with Crippen LogP contribution in [-0.2, 0) is 0 Å². The molecule has 0 unspecified atom stereocenters. The molecule has 76 valence electrons. The van der Waals surface area contributed by atoms with E-state index in [9.17, 15) is 0 Å². The van der Waals surface area contributed by atoms with Crippen LogP contribution in [0, 0.1) is 0 Å². The van der Waals surface area contributed by atoms with Crippen molar-refractivity contribution in [1.82, 2.24) is 6.15 Å². The molecule has 3 heteroatoms. The Kier molecular flexibility index (Phi) is 6.55. The second-order valence-electron chi connectivity index (χ2n) is 4.29. The van der Waals surface area contributed by atoms with Gasteiger partial charge in [0.1, 0.15) is 0 Å². The van der Waals surface area contributed by atoms with Crippen LogP contribution in [0.4, 0.5) is 0 Å². The van der Waals surface area contributed by atoms with Gasteiger partial charge in [-0.25, -0.2) is 0 Å². The summed E-state index contributed by atoms with van der Waals surface area (Å²) in [5, 5.41) is 0. The lowest BCUT2D eigenvalue weighted by Gasteiger charge is -2.36. The maximum atomic E-state index is 6.68. The molecular weight excluding hydrogens is 186 g/mol. The smallest absolute Gasteiger partial charge is 0.164 e. The van der Waals surface area contributed by atoms with Crippen molar-refractivity contribution in [2.75, 3.05) is 0 Å². The Balaban J connectivity index is 0. The van der Waals surface area contributed by atoms with Gasteiger partial charge in [-0.05, 0) is 16.6 Å². The summed E-state index contributed by atoms with van der Waals surface area (Å²) in [6.07, 6.45) is 0. The molecule has 0 aliphatic rings. The highest BCUT2D eigenvalue weighted by molar-refractivity contribution is 7.22. The zero-order valence-corrected chi connectivity index (χ0v) is 11.1. The first-order valence-electron chi connectivity index (χ1n) is 4.52. The molecule has 0 aromatic heterocycles. The van der Waals surface area contributed by atoms with Crippen molar-refractivity contribution in [2.45, 2.75) is 58.2 Å². The molecule has 0 radical (unpaired) electrons. The van der Waals surface area contributed by atoms with E-state index in [0.29, 0.717) is 16.6 Å². The molecule has 0 aromatic carbocycles. The number of rotatable bonds is 3. The molecular formula is C9H24ClNSi. The van der Waals surface area contributed by atoms with Crippen LogP contribution in [0.3, 0.4) is 0 Å². The monoisotopic (exact) mass is 209 g/mol. The second-order valence-corrected chi connectivity index (χ2v) is 11.4. The van der Waals surface area contributed by atoms with Crippen LogP contribution in [0.2, 0.25) is 16.6 Å². The molecule has 0 bridgehead atoms. The molecule has 0 saturated carbocycles. The van der Waals surface area contributed by atoms with Crippen molar-refractivity contribution < 1.29 is 0 Å². The maximum Gasteiger partial charge on any atom is 0.164 e. The van der Waals surface area contributed by atoms with Crippen molar-refractivity contribution in [3.8, 4) is 0 Å². The molecule has 0 fully saturated rings. The molecule has 0 rings (SSSR count). The van der Waals surface area contributed by atoms with E-state index in [4.69, 9.17) is 11.1 Å². The minimum Gasteiger partial charge on any atom is -0.344 e. The van der Waals surface area contributed by atoms with E-state index in [0.717, 1.165) is 0 Å². The van der Waals surface area contributed by atoms with Gasteiger partial charge in [0, 0.05) is 0 Å². The first-order valence-corrected chi connectivity index (χ1v) is 7.76. The molecule has 0 amide bonds. The highest BCUT2D eigenvalue weighted by Gasteiger charge is 2.40. The molecule has 1 nitrogen and oxygen atoms in total. The van der Waals surface area contributed by atoms with Gasteiger partial charge < -0.3 is 6.15 Å². The predicted octanol–water partition coefficient (Wildman–Crippen LogP) is 4.56. The lowest BCUT2D eigenvalue weighted by Crippen LogP contribution is -2.37. The third kappa shape index (κ3) is 2.75. The summed E-state index contributed by atoms with van der Waals surface area (Å²) in [5.74, 6) is 0. The van der Waals surface area contributed by atoms with Crippen LogP contribution in [0.5, 0.6) is 0 Å². The molecule has 12 heavy (non-hydrogen) atoms. The van der Waals surface area contributed by atoms with Gasteiger partial charge in [-0.15, -0.1) is 0 Å². The lowest BCUT2D eigenvalue weighted by molar-refractivity contribution is 0.849. The fourth-order valence-corrected chi connectivity index (χ4v) is 6.00. The van der Waals surface area contributed by atoms with Crippen molar-refractivity contribution in [2.24, 2.45) is 0 Å². The van der Waals surface area contributed by atoms with E-state index in [1.54, 1.807) is 0 Å². The van der Waals surface area contributed by atoms with Crippen LogP contribution in [0.15, 0.2) is 0 Å². The normalized spacial score (nSPS) is 12.5. The third-order valence-corrected chi connectivity index (χ3v) is 11.9. The van der Waals surface area contributed by atoms with Crippen molar-refractivity contribution in [1.29, 1.82) is 0 Å². The predicted molar refractivity (Wildman–Crippen MR) is 61.9 cm³/mol. The van der Waals surface area contributed by atoms with E-state index < -0.39 is 7.38 Å². The maximum absolute atomic E-state index is 6.68. The van der Waals surface area contributed by atoms with Gasteiger partial charge in [-0.3, -0.25) is 0 Å². The first-order chi connectivity index (χ1) is 4.83. The van der Waals surface area contributed by atoms with Gasteiger partial charge in [0.25, 0.3) is 0 Å². The van der Waals surface area contributed by atoms with Gasteiger partial charge in [0.2, 0.25) is 0 Å². The van der Waals surface area contributed by atoms with Crippen LogP contribution in [0.1, 0.15) is 41.5 Å². The summed E-state index contributed by atoms with van der Waals surface area (Å²) in [6.45, 7) is 13.6. The summed E-state index contributed by atoms with van der Waals surface area (Å²) < 4.78 is 0. The summed E-state index contributed by atoms with van der Waals surface area (Å²) >= 11 is 6.68. The van der Waals surface area contributed by atoms with Crippen LogP contribution < -0.4 is 6.15 Å². The Labute approximate surface area is 83.2 Å². The molecule has 0 heterocycles. The molecule has 0 aliphatic carbocycles. The van der Waals surface area contributed by atoms with Gasteiger partial charge in [0.15, 0.2) is 7.38 Å². The van der Waals surface area contributed by atoms with Gasteiger partial charge in [-0.2, -0.15) is 11.1 Å². The van der Waals surface area contributed by atoms with Gasteiger partial charge in [0.05, 0.1) is 0 Å². The van der Waals surface area contributed by atoms with E-state index in [1.165, 1.54) is 0 Å². The Hall–Kier alpha value is 0.467. The van der Waals surface area contributed by atoms with Crippen LogP contribution >= 0.6 is 11.1 Å². The van der Waals surface area contributed by atoms with Crippen molar-refractivity contribution in [3.63, 3.8) is 0 Å². The lowest BCUT2D eigenvalue weighted by atomic mass is 10.5. The minimum atomic E-state index is -1.51. The standard InChI is InChI=1S/C9H21ClSi.H3N/c1-7(2)11(10,8(3)4)9(5)6;/h7-9H,1-6H3;1H3. The van der Waals surface area contributed by atoms with Crippen molar-refractivity contribution in [3.05, 3.63) is 0 Å². The summed E-state index contributed by atoms with van der Waals surface area (Å²) in [7, 11) is -1.51. The molecule has 0 saturated heterocycles. The fourth-order valence-electron chi connectivity index (χ4n) is 2.00. The zero-order valence-electron chi connectivity index (χ0n) is 9.32. The van der Waals surface area contributed by atoms with E-state index in [1.807, 2.05) is 0 Å². The number of halogens is 1. The van der Waals surface area contributed by atoms with Crippen LogP contribution in [0.25, 0.3) is 0 Å². The Bertz CT molecular complexity index is 102. The average molecular weight is 210 g/mol. The van der Waals surface area contributed by atoms with Gasteiger partial charge >= 0.3 is 0 Å². The zero-order chi connectivity index (χ0) is 9.23. The number of hydrogen-bond donors (Lipinski definition) is 1. The highest BCUT2D eigenvalue weighted by Crippen LogP contribution is 2.44. The highest BCUT2D eigenvalue weighted by atomic mass is 35.6. The number of hydrogen-bond acceptors (Lipinski definition) is 1. The molecule has 0 aromatic rings. The van der Waals surface area contributed by atoms with Crippen LogP contribution in [-0.4, -0.2) is 7.38 Å². The summed E-state index contributed by atoms with van der Waals surface area (Å²) in [6, 6.07) is 0. The third-order valence-electron chi connectivity index (χ3n) is 2.65. The van der Waals surface area contributed by atoms with E-state index in [2.05, 4.69) is 41.5 Å². The second kappa shape index (κ2) is 5.25. The Morgan fingerprint density at radius 2 is 0.917 bits per heavy atom. The Morgan fingerprint density at radius 3 is 0.917 bits per heavy atom. The molecule has 0 aliphatic heterocycles. The topological polar surface area (TPSA) is 35.0 Å². The van der Waals surface area contributed by atoms with Crippen molar-refractivity contribution >= 4 is 18.5 Å².